The largest absolute Gasteiger partial charge is 0.494 e. The van der Waals surface area contributed by atoms with Crippen LogP contribution in [-0.2, 0) is 19.1 Å². The fraction of sp³-hybridized carbons (Fsp3) is 0.432. The van der Waals surface area contributed by atoms with E-state index in [9.17, 15) is 19.5 Å². The third-order valence-corrected chi connectivity index (χ3v) is 10.1. The van der Waals surface area contributed by atoms with Crippen molar-refractivity contribution in [2.45, 2.75) is 63.8 Å². The van der Waals surface area contributed by atoms with E-state index in [1.165, 1.54) is 4.90 Å². The van der Waals surface area contributed by atoms with Gasteiger partial charge in [-0.15, -0.1) is 0 Å². The lowest BCUT2D eigenvalue weighted by Crippen LogP contribution is -2.54. The zero-order chi connectivity index (χ0) is 33.3. The van der Waals surface area contributed by atoms with Gasteiger partial charge in [0.25, 0.3) is 0 Å². The summed E-state index contributed by atoms with van der Waals surface area (Å²) in [5.74, 6) is -2.21. The highest BCUT2D eigenvalue weighted by Gasteiger charge is 2.78. The van der Waals surface area contributed by atoms with E-state index in [4.69, 9.17) is 9.47 Å². The molecule has 1 spiro atoms. The molecule has 3 aliphatic rings. The van der Waals surface area contributed by atoms with Gasteiger partial charge in [0.15, 0.2) is 0 Å². The van der Waals surface area contributed by atoms with Crippen LogP contribution in [0.15, 0.2) is 78.9 Å². The number of carbonyl (C=O) groups is 3. The smallest absolute Gasteiger partial charge is 0.250 e. The Hall–Kier alpha value is -4.41. The van der Waals surface area contributed by atoms with Crippen molar-refractivity contribution in [3.8, 4) is 5.75 Å². The predicted molar refractivity (Wildman–Crippen MR) is 180 cm³/mol. The number of aliphatic hydroxyl groups excluding tert-OH is 1. The standard InChI is InChI=1S/C37H44N4O6/c1-5-40(6-2)27-17-13-25(14-18-27)39-34(44)32-37-22-21-36(4,47-37)30(33(43)38-26-15-19-28(20-16-26)46-7-3)31(37)35(45)41(32)29(23-42)24-11-9-8-10-12-24/h8-20,29-32,42H,5-7,21-23H2,1-4H3,(H,38,43)(H,39,44)/t29-,30-,31+,32?,36+,37?/m1/s1. The molecule has 0 aromatic heterocycles. The molecule has 10 nitrogen and oxygen atoms in total. The van der Waals surface area contributed by atoms with E-state index in [-0.39, 0.29) is 11.8 Å². The molecule has 3 aliphatic heterocycles. The molecule has 3 aromatic carbocycles. The summed E-state index contributed by atoms with van der Waals surface area (Å²) in [4.78, 5) is 46.9. The van der Waals surface area contributed by atoms with E-state index in [2.05, 4.69) is 29.4 Å². The maximum absolute atomic E-state index is 14.7. The molecule has 6 rings (SSSR count). The Labute approximate surface area is 276 Å². The fourth-order valence-electron chi connectivity index (χ4n) is 8.01. The van der Waals surface area contributed by atoms with Crippen LogP contribution < -0.4 is 20.3 Å². The lowest BCUT2D eigenvalue weighted by molar-refractivity contribution is -0.147. The molecule has 2 unspecified atom stereocenters. The van der Waals surface area contributed by atoms with Gasteiger partial charge in [0, 0.05) is 30.2 Å². The van der Waals surface area contributed by atoms with Gasteiger partial charge in [-0.2, -0.15) is 0 Å². The monoisotopic (exact) mass is 640 g/mol. The van der Waals surface area contributed by atoms with Gasteiger partial charge in [0.2, 0.25) is 17.7 Å². The number of hydrogen-bond acceptors (Lipinski definition) is 7. The van der Waals surface area contributed by atoms with Crippen molar-refractivity contribution in [1.29, 1.82) is 0 Å². The molecule has 47 heavy (non-hydrogen) atoms. The Balaban J connectivity index is 1.35. The summed E-state index contributed by atoms with van der Waals surface area (Å²) in [6.45, 7) is 9.79. The predicted octanol–water partition coefficient (Wildman–Crippen LogP) is 5.01. The Kier molecular flexibility index (Phi) is 9.00. The van der Waals surface area contributed by atoms with Gasteiger partial charge in [-0.05, 0) is 94.6 Å². The summed E-state index contributed by atoms with van der Waals surface area (Å²) in [7, 11) is 0. The van der Waals surface area contributed by atoms with Crippen molar-refractivity contribution in [2.24, 2.45) is 11.8 Å². The van der Waals surface area contributed by atoms with E-state index >= 15 is 0 Å². The number of benzene rings is 3. The SMILES string of the molecule is CCOc1ccc(NC(=O)[C@H]2[C@H]3C(=O)N([C@H](CO)c4ccccc4)C(C(=O)Nc4ccc(N(CC)CC)cc4)C34CC[C@]2(C)O4)cc1. The molecule has 3 aromatic rings. The van der Waals surface area contributed by atoms with Gasteiger partial charge in [-0.3, -0.25) is 14.4 Å². The minimum atomic E-state index is -1.25. The molecule has 248 valence electrons. The van der Waals surface area contributed by atoms with E-state index in [1.54, 1.807) is 24.3 Å². The number of amides is 3. The van der Waals surface area contributed by atoms with Crippen LogP contribution in [0, 0.1) is 11.8 Å². The highest BCUT2D eigenvalue weighted by Crippen LogP contribution is 2.64. The zero-order valence-electron chi connectivity index (χ0n) is 27.4. The van der Waals surface area contributed by atoms with Gasteiger partial charge in [0.1, 0.15) is 17.4 Å². The Morgan fingerprint density at radius 2 is 1.55 bits per heavy atom. The zero-order valence-corrected chi connectivity index (χ0v) is 27.4. The summed E-state index contributed by atoms with van der Waals surface area (Å²) in [6, 6.07) is 22.0. The first kappa shape index (κ1) is 32.5. The molecule has 3 amide bonds. The lowest BCUT2D eigenvalue weighted by Gasteiger charge is -2.37. The summed E-state index contributed by atoms with van der Waals surface area (Å²) >= 11 is 0. The molecule has 3 heterocycles. The number of nitrogens with one attached hydrogen (secondary N) is 2. The van der Waals surface area contributed by atoms with Crippen molar-refractivity contribution in [2.75, 3.05) is 41.8 Å². The van der Waals surface area contributed by atoms with Gasteiger partial charge in [0.05, 0.1) is 36.7 Å². The first-order valence-electron chi connectivity index (χ1n) is 16.6. The Morgan fingerprint density at radius 3 is 2.15 bits per heavy atom. The first-order chi connectivity index (χ1) is 22.7. The number of carbonyl (C=O) groups excluding carboxylic acids is 3. The van der Waals surface area contributed by atoms with Crippen molar-refractivity contribution in [1.82, 2.24) is 4.90 Å². The van der Waals surface area contributed by atoms with Gasteiger partial charge < -0.3 is 35.0 Å². The molecular weight excluding hydrogens is 596 g/mol. The minimum absolute atomic E-state index is 0.343. The number of aliphatic hydroxyl groups is 1. The molecule has 0 radical (unpaired) electrons. The van der Waals surface area contributed by atoms with E-state index < -0.39 is 47.6 Å². The van der Waals surface area contributed by atoms with E-state index in [0.29, 0.717) is 42.1 Å². The summed E-state index contributed by atoms with van der Waals surface area (Å²) < 4.78 is 12.3. The second kappa shape index (κ2) is 13.0. The number of nitrogens with zero attached hydrogens (tertiary/aromatic N) is 2. The Morgan fingerprint density at radius 1 is 0.936 bits per heavy atom. The highest BCUT2D eigenvalue weighted by molar-refractivity contribution is 6.05. The minimum Gasteiger partial charge on any atom is -0.494 e. The summed E-state index contributed by atoms with van der Waals surface area (Å²) in [5, 5.41) is 16.8. The molecule has 3 N–H and O–H groups in total. The molecule has 6 atom stereocenters. The first-order valence-corrected chi connectivity index (χ1v) is 16.6. The lowest BCUT2D eigenvalue weighted by atomic mass is 9.66. The summed E-state index contributed by atoms with van der Waals surface area (Å²) in [5.41, 5.74) is 0.689. The number of rotatable bonds is 12. The van der Waals surface area contributed by atoms with Crippen LogP contribution in [0.2, 0.25) is 0 Å². The topological polar surface area (TPSA) is 120 Å². The number of fused-ring (bicyclic) bond motifs is 1. The van der Waals surface area contributed by atoms with Crippen molar-refractivity contribution < 1.29 is 29.0 Å². The van der Waals surface area contributed by atoms with E-state index in [0.717, 1.165) is 18.8 Å². The third-order valence-electron chi connectivity index (χ3n) is 10.1. The maximum atomic E-state index is 14.7. The second-order valence-electron chi connectivity index (χ2n) is 12.7. The highest BCUT2D eigenvalue weighted by atomic mass is 16.5. The quantitative estimate of drug-likeness (QED) is 0.255. The Bertz CT molecular complexity index is 1600. The van der Waals surface area contributed by atoms with Gasteiger partial charge in [-0.1, -0.05) is 30.3 Å². The van der Waals surface area contributed by atoms with Crippen LogP contribution in [0.3, 0.4) is 0 Å². The summed E-state index contributed by atoms with van der Waals surface area (Å²) in [6.07, 6.45) is 0.929. The number of hydrogen-bond donors (Lipinski definition) is 3. The van der Waals surface area contributed by atoms with Crippen molar-refractivity contribution in [3.63, 3.8) is 0 Å². The van der Waals surface area contributed by atoms with Crippen LogP contribution in [0.25, 0.3) is 0 Å². The van der Waals surface area contributed by atoms with Crippen LogP contribution in [0.1, 0.15) is 52.1 Å². The normalized spacial score (nSPS) is 26.5. The fourth-order valence-corrected chi connectivity index (χ4v) is 8.01. The molecule has 3 fully saturated rings. The average Bonchev–Trinajstić information content (AvgIpc) is 3.65. The van der Waals surface area contributed by atoms with Crippen molar-refractivity contribution in [3.05, 3.63) is 84.4 Å². The molecular formula is C37H44N4O6. The molecule has 3 saturated heterocycles. The number of anilines is 3. The molecule has 2 bridgehead atoms. The maximum Gasteiger partial charge on any atom is 0.250 e. The van der Waals surface area contributed by atoms with Gasteiger partial charge in [-0.25, -0.2) is 0 Å². The number of ether oxygens (including phenoxy) is 2. The average molecular weight is 641 g/mol. The van der Waals surface area contributed by atoms with Crippen molar-refractivity contribution >= 4 is 34.8 Å². The van der Waals surface area contributed by atoms with E-state index in [1.807, 2.05) is 68.4 Å². The number of likely N-dealkylation sites (tertiary alicyclic amines) is 1. The van der Waals surface area contributed by atoms with Crippen LogP contribution in [-0.4, -0.2) is 71.3 Å². The molecule has 0 saturated carbocycles. The van der Waals surface area contributed by atoms with Crippen LogP contribution in [0.5, 0.6) is 5.75 Å². The molecule has 0 aliphatic carbocycles. The van der Waals surface area contributed by atoms with Crippen LogP contribution in [0.4, 0.5) is 17.1 Å². The molecule has 10 heteroatoms. The third kappa shape index (κ3) is 5.63. The van der Waals surface area contributed by atoms with Crippen LogP contribution >= 0.6 is 0 Å². The second-order valence-corrected chi connectivity index (χ2v) is 12.7. The van der Waals surface area contributed by atoms with Gasteiger partial charge >= 0.3 is 0 Å².